The van der Waals surface area contributed by atoms with Crippen molar-refractivity contribution in [3.05, 3.63) is 24.3 Å². The Bertz CT molecular complexity index is 529. The summed E-state index contributed by atoms with van der Waals surface area (Å²) in [5.41, 5.74) is 0.901. The third-order valence-electron chi connectivity index (χ3n) is 3.70. The normalized spacial score (nSPS) is 12.6. The maximum absolute atomic E-state index is 5.80. The van der Waals surface area contributed by atoms with Gasteiger partial charge in [-0.05, 0) is 44.2 Å². The first kappa shape index (κ1) is 15.4. The van der Waals surface area contributed by atoms with Gasteiger partial charge >= 0.3 is 0 Å². The molecule has 1 atom stereocenters. The molecule has 0 saturated carbocycles. The van der Waals surface area contributed by atoms with Crippen LogP contribution in [-0.2, 0) is 0 Å². The second kappa shape index (κ2) is 7.73. The summed E-state index contributed by atoms with van der Waals surface area (Å²) in [6.45, 7) is 6.20. The summed E-state index contributed by atoms with van der Waals surface area (Å²) >= 11 is 0. The van der Waals surface area contributed by atoms with E-state index in [1.165, 1.54) is 6.42 Å². The summed E-state index contributed by atoms with van der Waals surface area (Å²) in [6, 6.07) is 8.37. The van der Waals surface area contributed by atoms with Crippen molar-refractivity contribution < 1.29 is 4.74 Å². The highest BCUT2D eigenvalue weighted by Crippen LogP contribution is 2.20. The van der Waals surface area contributed by atoms with Crippen molar-refractivity contribution >= 4 is 0 Å². The number of H-pyrrole nitrogens is 1. The largest absolute Gasteiger partial charge is 0.494 e. The van der Waals surface area contributed by atoms with E-state index in [1.807, 2.05) is 24.3 Å². The van der Waals surface area contributed by atoms with Crippen LogP contribution in [0.3, 0.4) is 0 Å². The van der Waals surface area contributed by atoms with Crippen LogP contribution >= 0.6 is 0 Å². The van der Waals surface area contributed by atoms with Gasteiger partial charge in [-0.1, -0.05) is 19.1 Å². The number of nitrogens with one attached hydrogen (secondary N) is 1. The van der Waals surface area contributed by atoms with Crippen LogP contribution in [0.25, 0.3) is 11.4 Å². The summed E-state index contributed by atoms with van der Waals surface area (Å²) in [4.78, 5) is 2.36. The highest BCUT2D eigenvalue weighted by atomic mass is 16.5. The lowest BCUT2D eigenvalue weighted by molar-refractivity contribution is 0.220. The number of aromatic amines is 1. The fraction of sp³-hybridized carbons (Fsp3) is 0.533. The molecule has 114 valence electrons. The highest BCUT2D eigenvalue weighted by molar-refractivity contribution is 5.56. The van der Waals surface area contributed by atoms with Crippen LogP contribution in [0.5, 0.6) is 5.75 Å². The third kappa shape index (κ3) is 4.53. The van der Waals surface area contributed by atoms with Crippen molar-refractivity contribution in [1.82, 2.24) is 25.5 Å². The molecule has 1 unspecified atom stereocenters. The van der Waals surface area contributed by atoms with E-state index in [9.17, 15) is 0 Å². The Morgan fingerprint density at radius 2 is 2.24 bits per heavy atom. The second-order valence-electron chi connectivity index (χ2n) is 5.20. The van der Waals surface area contributed by atoms with Gasteiger partial charge in [-0.2, -0.15) is 5.21 Å². The van der Waals surface area contributed by atoms with Gasteiger partial charge < -0.3 is 9.64 Å². The fourth-order valence-corrected chi connectivity index (χ4v) is 2.05. The Kier molecular flexibility index (Phi) is 5.68. The number of nitrogens with zero attached hydrogens (tertiary/aromatic N) is 4. The molecule has 21 heavy (non-hydrogen) atoms. The third-order valence-corrected chi connectivity index (χ3v) is 3.70. The Morgan fingerprint density at radius 3 is 2.95 bits per heavy atom. The highest BCUT2D eigenvalue weighted by Gasteiger charge is 2.07. The molecule has 1 N–H and O–H groups in total. The van der Waals surface area contributed by atoms with Crippen molar-refractivity contribution in [2.45, 2.75) is 32.7 Å². The average molecular weight is 289 g/mol. The minimum Gasteiger partial charge on any atom is -0.494 e. The predicted molar refractivity (Wildman–Crippen MR) is 82.1 cm³/mol. The summed E-state index contributed by atoms with van der Waals surface area (Å²) in [5.74, 6) is 1.42. The SMILES string of the molecule is CCC(C)N(C)CCCOc1cccc(-c2nn[nH]n2)c1. The van der Waals surface area contributed by atoms with Gasteiger partial charge in [-0.15, -0.1) is 10.2 Å². The van der Waals surface area contributed by atoms with Gasteiger partial charge in [0.1, 0.15) is 5.75 Å². The van der Waals surface area contributed by atoms with E-state index in [0.29, 0.717) is 18.5 Å². The van der Waals surface area contributed by atoms with Gasteiger partial charge in [0.25, 0.3) is 0 Å². The Hall–Kier alpha value is -1.95. The van der Waals surface area contributed by atoms with E-state index < -0.39 is 0 Å². The number of tetrazole rings is 1. The van der Waals surface area contributed by atoms with Crippen LogP contribution < -0.4 is 4.74 Å². The Labute approximate surface area is 125 Å². The van der Waals surface area contributed by atoms with Gasteiger partial charge in [0, 0.05) is 18.2 Å². The minimum atomic E-state index is 0.581. The summed E-state index contributed by atoms with van der Waals surface area (Å²) < 4.78 is 5.80. The van der Waals surface area contributed by atoms with E-state index in [4.69, 9.17) is 4.74 Å². The van der Waals surface area contributed by atoms with Crippen molar-refractivity contribution in [2.75, 3.05) is 20.2 Å². The van der Waals surface area contributed by atoms with Gasteiger partial charge in [0.15, 0.2) is 0 Å². The zero-order valence-electron chi connectivity index (χ0n) is 12.9. The number of ether oxygens (including phenoxy) is 1. The molecule has 6 heteroatoms. The molecular weight excluding hydrogens is 266 g/mol. The smallest absolute Gasteiger partial charge is 0.204 e. The van der Waals surface area contributed by atoms with Gasteiger partial charge in [0.2, 0.25) is 5.82 Å². The van der Waals surface area contributed by atoms with Crippen molar-refractivity contribution in [3.63, 3.8) is 0 Å². The van der Waals surface area contributed by atoms with Crippen LogP contribution in [0.15, 0.2) is 24.3 Å². The molecule has 2 aromatic rings. The molecule has 0 radical (unpaired) electrons. The standard InChI is InChI=1S/C15H23N5O/c1-4-12(2)20(3)9-6-10-21-14-8-5-7-13(11-14)15-16-18-19-17-15/h5,7-8,11-12H,4,6,9-10H2,1-3H3,(H,16,17,18,19). The van der Waals surface area contributed by atoms with E-state index in [-0.39, 0.29) is 0 Å². The van der Waals surface area contributed by atoms with E-state index in [1.54, 1.807) is 0 Å². The topological polar surface area (TPSA) is 66.9 Å². The quantitative estimate of drug-likeness (QED) is 0.756. The van der Waals surface area contributed by atoms with Crippen LogP contribution in [0.4, 0.5) is 0 Å². The van der Waals surface area contributed by atoms with E-state index in [0.717, 1.165) is 24.3 Å². The summed E-state index contributed by atoms with van der Waals surface area (Å²) in [5, 5.41) is 13.9. The molecule has 1 aromatic carbocycles. The van der Waals surface area contributed by atoms with Crippen LogP contribution in [0.2, 0.25) is 0 Å². The first-order chi connectivity index (χ1) is 10.2. The van der Waals surface area contributed by atoms with Gasteiger partial charge in [-0.3, -0.25) is 0 Å². The molecule has 0 fully saturated rings. The molecule has 0 aliphatic heterocycles. The Morgan fingerprint density at radius 1 is 1.38 bits per heavy atom. The van der Waals surface area contributed by atoms with Crippen LogP contribution in [-0.4, -0.2) is 51.8 Å². The number of rotatable bonds is 8. The summed E-state index contributed by atoms with van der Waals surface area (Å²) in [6.07, 6.45) is 2.18. The number of hydrogen-bond acceptors (Lipinski definition) is 5. The molecule has 0 saturated heterocycles. The first-order valence-corrected chi connectivity index (χ1v) is 7.37. The van der Waals surface area contributed by atoms with Crippen molar-refractivity contribution in [1.29, 1.82) is 0 Å². The monoisotopic (exact) mass is 289 g/mol. The molecule has 0 bridgehead atoms. The molecule has 1 heterocycles. The van der Waals surface area contributed by atoms with E-state index >= 15 is 0 Å². The molecular formula is C15H23N5O. The molecule has 2 rings (SSSR count). The average Bonchev–Trinajstić information content (AvgIpc) is 3.05. The lowest BCUT2D eigenvalue weighted by Crippen LogP contribution is -2.30. The maximum atomic E-state index is 5.80. The molecule has 1 aromatic heterocycles. The van der Waals surface area contributed by atoms with Crippen LogP contribution in [0, 0.1) is 0 Å². The lowest BCUT2D eigenvalue weighted by atomic mass is 10.2. The zero-order chi connectivity index (χ0) is 15.1. The number of hydrogen-bond donors (Lipinski definition) is 1. The predicted octanol–water partition coefficient (Wildman–Crippen LogP) is 2.37. The van der Waals surface area contributed by atoms with Crippen molar-refractivity contribution in [3.8, 4) is 17.1 Å². The van der Waals surface area contributed by atoms with Crippen molar-refractivity contribution in [2.24, 2.45) is 0 Å². The number of aromatic nitrogens is 4. The lowest BCUT2D eigenvalue weighted by Gasteiger charge is -2.23. The summed E-state index contributed by atoms with van der Waals surface area (Å²) in [7, 11) is 2.16. The zero-order valence-corrected chi connectivity index (χ0v) is 12.9. The minimum absolute atomic E-state index is 0.581. The molecule has 6 nitrogen and oxygen atoms in total. The second-order valence-corrected chi connectivity index (χ2v) is 5.20. The molecule has 0 amide bonds. The first-order valence-electron chi connectivity index (χ1n) is 7.37. The number of benzene rings is 1. The Balaban J connectivity index is 1.80. The maximum Gasteiger partial charge on any atom is 0.204 e. The van der Waals surface area contributed by atoms with Gasteiger partial charge in [0.05, 0.1) is 6.61 Å². The van der Waals surface area contributed by atoms with Crippen LogP contribution in [0.1, 0.15) is 26.7 Å². The molecule has 0 spiro atoms. The fourth-order valence-electron chi connectivity index (χ4n) is 2.05. The molecule has 0 aliphatic carbocycles. The molecule has 0 aliphatic rings. The van der Waals surface area contributed by atoms with Gasteiger partial charge in [-0.25, -0.2) is 0 Å². The van der Waals surface area contributed by atoms with E-state index in [2.05, 4.69) is 46.4 Å².